The van der Waals surface area contributed by atoms with Crippen LogP contribution in [-0.4, -0.2) is 57.2 Å². The summed E-state index contributed by atoms with van der Waals surface area (Å²) in [7, 11) is 0. The van der Waals surface area contributed by atoms with Crippen LogP contribution in [0.3, 0.4) is 0 Å². The van der Waals surface area contributed by atoms with Crippen LogP contribution in [0.15, 0.2) is 0 Å². The third-order valence-electron chi connectivity index (χ3n) is 11.1. The molecule has 0 radical (unpaired) electrons. The molecule has 1 amide bonds. The molecule has 5 N–H and O–H groups in total. The average molecular weight is 480 g/mol. The summed E-state index contributed by atoms with van der Waals surface area (Å²) in [6, 6.07) is -1.24. The van der Waals surface area contributed by atoms with Crippen molar-refractivity contribution in [3.8, 4) is 0 Å². The van der Waals surface area contributed by atoms with Gasteiger partial charge in [-0.1, -0.05) is 20.8 Å². The van der Waals surface area contributed by atoms with Crippen LogP contribution in [0.1, 0.15) is 85.0 Å². The van der Waals surface area contributed by atoms with E-state index < -0.39 is 18.6 Å². The molecule has 34 heavy (non-hydrogen) atoms. The number of aliphatic hydroxyl groups is 3. The van der Waals surface area contributed by atoms with Gasteiger partial charge in [0, 0.05) is 6.42 Å². The van der Waals surface area contributed by atoms with E-state index in [9.17, 15) is 19.8 Å². The van der Waals surface area contributed by atoms with Crippen LogP contribution < -0.4 is 5.32 Å². The molecule has 0 spiro atoms. The largest absolute Gasteiger partial charge is 0.480 e. The summed E-state index contributed by atoms with van der Waals surface area (Å²) in [6.45, 7) is 6.45. The molecular formula is C27H45NO6. The molecule has 0 heterocycles. The standard InChI is InChI=1S/C27H45NO6/c1-15(4-7-24(32)28-22(14-29)25(33)34)18-5-6-19-17-13-23(31)21-12-16(30)8-10-27(21,3)20(17)9-11-26(18,19)2/h15-23,29-31H,4-14H2,1-3H3,(H,28,32)(H,33,34)/t15-,16-,17+,18-,19+,20+,21+,22+,23+,26-,27-/m1/s1. The predicted octanol–water partition coefficient (Wildman–Crippen LogP) is 2.96. The molecule has 7 nitrogen and oxygen atoms in total. The van der Waals surface area contributed by atoms with Gasteiger partial charge in [-0.25, -0.2) is 4.79 Å². The number of rotatable bonds is 7. The van der Waals surface area contributed by atoms with Gasteiger partial charge in [0.1, 0.15) is 6.04 Å². The fraction of sp³-hybridized carbons (Fsp3) is 0.926. The van der Waals surface area contributed by atoms with Crippen molar-refractivity contribution in [1.29, 1.82) is 0 Å². The zero-order chi connectivity index (χ0) is 24.8. The van der Waals surface area contributed by atoms with Crippen molar-refractivity contribution in [3.05, 3.63) is 0 Å². The number of carboxylic acid groups (broad SMARTS) is 1. The lowest BCUT2D eigenvalue weighted by Crippen LogP contribution is -2.58. The first-order chi connectivity index (χ1) is 16.0. The Morgan fingerprint density at radius 2 is 1.65 bits per heavy atom. The number of hydrogen-bond acceptors (Lipinski definition) is 5. The lowest BCUT2D eigenvalue weighted by Gasteiger charge is -2.62. The molecule has 0 unspecified atom stereocenters. The fourth-order valence-electron chi connectivity index (χ4n) is 9.27. The highest BCUT2D eigenvalue weighted by Crippen LogP contribution is 2.68. The Hall–Kier alpha value is -1.18. The molecule has 4 saturated carbocycles. The van der Waals surface area contributed by atoms with Crippen LogP contribution in [0.25, 0.3) is 0 Å². The molecule has 7 heteroatoms. The summed E-state index contributed by atoms with van der Waals surface area (Å²) >= 11 is 0. The minimum atomic E-state index is -1.24. The van der Waals surface area contributed by atoms with Crippen LogP contribution in [-0.2, 0) is 9.59 Å². The molecule has 0 aromatic carbocycles. The topological polar surface area (TPSA) is 127 Å². The second-order valence-electron chi connectivity index (χ2n) is 12.6. The van der Waals surface area contributed by atoms with Crippen molar-refractivity contribution in [3.63, 3.8) is 0 Å². The molecule has 0 aliphatic heterocycles. The van der Waals surface area contributed by atoms with Gasteiger partial charge in [-0.2, -0.15) is 0 Å². The van der Waals surface area contributed by atoms with Crippen LogP contribution in [0.5, 0.6) is 0 Å². The number of carbonyl (C=O) groups is 2. The smallest absolute Gasteiger partial charge is 0.328 e. The monoisotopic (exact) mass is 479 g/mol. The minimum absolute atomic E-state index is 0.123. The molecule has 0 bridgehead atoms. The maximum atomic E-state index is 12.3. The van der Waals surface area contributed by atoms with Gasteiger partial charge in [-0.15, -0.1) is 0 Å². The molecule has 4 aliphatic carbocycles. The second-order valence-corrected chi connectivity index (χ2v) is 12.6. The molecular weight excluding hydrogens is 434 g/mol. The summed E-state index contributed by atoms with van der Waals surface area (Å²) in [5, 5.41) is 42.0. The molecule has 194 valence electrons. The molecule has 0 aromatic rings. The zero-order valence-corrected chi connectivity index (χ0v) is 21.1. The van der Waals surface area contributed by atoms with Crippen molar-refractivity contribution in [2.24, 2.45) is 46.3 Å². The first kappa shape index (κ1) is 25.9. The van der Waals surface area contributed by atoms with Crippen molar-refractivity contribution in [2.75, 3.05) is 6.61 Å². The van der Waals surface area contributed by atoms with Crippen molar-refractivity contribution < 1.29 is 30.0 Å². The van der Waals surface area contributed by atoms with E-state index in [1.807, 2.05) is 0 Å². The Balaban J connectivity index is 1.41. The Labute approximate surface area is 203 Å². The van der Waals surface area contributed by atoms with Gasteiger partial charge >= 0.3 is 5.97 Å². The summed E-state index contributed by atoms with van der Waals surface area (Å²) in [5.41, 5.74) is 0.334. The van der Waals surface area contributed by atoms with Crippen molar-refractivity contribution in [1.82, 2.24) is 5.32 Å². The summed E-state index contributed by atoms with van der Waals surface area (Å²) in [4.78, 5) is 23.4. The maximum absolute atomic E-state index is 12.3. The number of aliphatic hydroxyl groups excluding tert-OH is 3. The van der Waals surface area contributed by atoms with Crippen molar-refractivity contribution in [2.45, 2.75) is 103 Å². The molecule has 4 fully saturated rings. The number of hydrogen-bond donors (Lipinski definition) is 5. The normalized spacial score (nSPS) is 45.4. The van der Waals surface area contributed by atoms with Gasteiger partial charge in [0.2, 0.25) is 5.91 Å². The van der Waals surface area contributed by atoms with Gasteiger partial charge in [0.25, 0.3) is 0 Å². The molecule has 0 aromatic heterocycles. The number of amides is 1. The highest BCUT2D eigenvalue weighted by molar-refractivity contribution is 5.83. The third kappa shape index (κ3) is 4.41. The number of nitrogens with one attached hydrogen (secondary N) is 1. The minimum Gasteiger partial charge on any atom is -0.480 e. The van der Waals surface area contributed by atoms with Crippen LogP contribution in [0.2, 0.25) is 0 Å². The van der Waals surface area contributed by atoms with Gasteiger partial charge in [0.15, 0.2) is 0 Å². The number of carboxylic acids is 1. The zero-order valence-electron chi connectivity index (χ0n) is 21.1. The van der Waals surface area contributed by atoms with Gasteiger partial charge in [-0.3, -0.25) is 4.79 Å². The van der Waals surface area contributed by atoms with E-state index in [0.717, 1.165) is 32.1 Å². The Bertz CT molecular complexity index is 774. The van der Waals surface area contributed by atoms with E-state index in [4.69, 9.17) is 10.2 Å². The highest BCUT2D eigenvalue weighted by atomic mass is 16.4. The van der Waals surface area contributed by atoms with Gasteiger partial charge < -0.3 is 25.7 Å². The Kier molecular flexibility index (Phi) is 7.39. The van der Waals surface area contributed by atoms with Crippen LogP contribution in [0.4, 0.5) is 0 Å². The molecule has 4 rings (SSSR count). The van der Waals surface area contributed by atoms with Crippen molar-refractivity contribution >= 4 is 11.9 Å². The lowest BCUT2D eigenvalue weighted by atomic mass is 9.44. The van der Waals surface area contributed by atoms with Crippen LogP contribution >= 0.6 is 0 Å². The predicted molar refractivity (Wildman–Crippen MR) is 128 cm³/mol. The quantitative estimate of drug-likeness (QED) is 0.382. The lowest BCUT2D eigenvalue weighted by molar-refractivity contribution is -0.172. The van der Waals surface area contributed by atoms with E-state index in [0.29, 0.717) is 36.0 Å². The van der Waals surface area contributed by atoms with E-state index in [2.05, 4.69) is 26.1 Å². The number of aliphatic carboxylic acids is 1. The number of carbonyl (C=O) groups excluding carboxylic acids is 1. The SMILES string of the molecule is C[C@H](CCC(=O)N[C@@H](CO)C(=O)O)[C@H]1CC[C@H]2[C@@H]3C[C@H](O)[C@@H]4C[C@H](O)CC[C@]4(C)[C@H]3CC[C@]12C. The summed E-state index contributed by atoms with van der Waals surface area (Å²) in [5.74, 6) is 1.31. The van der Waals surface area contributed by atoms with E-state index in [1.165, 1.54) is 19.3 Å². The fourth-order valence-corrected chi connectivity index (χ4v) is 9.27. The second kappa shape index (κ2) is 9.70. The van der Waals surface area contributed by atoms with E-state index >= 15 is 0 Å². The first-order valence-corrected chi connectivity index (χ1v) is 13.5. The van der Waals surface area contributed by atoms with Crippen LogP contribution in [0, 0.1) is 46.3 Å². The maximum Gasteiger partial charge on any atom is 0.328 e. The first-order valence-electron chi connectivity index (χ1n) is 13.5. The van der Waals surface area contributed by atoms with E-state index in [1.54, 1.807) is 0 Å². The summed E-state index contributed by atoms with van der Waals surface area (Å²) in [6.07, 6.45) is 8.57. The molecule has 11 atom stereocenters. The highest BCUT2D eigenvalue weighted by Gasteiger charge is 2.62. The summed E-state index contributed by atoms with van der Waals surface area (Å²) < 4.78 is 0. The Morgan fingerprint density at radius 3 is 2.32 bits per heavy atom. The Morgan fingerprint density at radius 1 is 0.971 bits per heavy atom. The molecule has 4 aliphatic rings. The van der Waals surface area contributed by atoms with E-state index in [-0.39, 0.29) is 41.3 Å². The van der Waals surface area contributed by atoms with Gasteiger partial charge in [-0.05, 0) is 104 Å². The van der Waals surface area contributed by atoms with Gasteiger partial charge in [0.05, 0.1) is 18.8 Å². The average Bonchev–Trinajstić information content (AvgIpc) is 3.14. The number of fused-ring (bicyclic) bond motifs is 5. The third-order valence-corrected chi connectivity index (χ3v) is 11.1. The molecule has 0 saturated heterocycles.